The molecule has 1 N–H and O–H groups in total. The van der Waals surface area contributed by atoms with Gasteiger partial charge in [0.2, 0.25) is 0 Å². The van der Waals surface area contributed by atoms with Crippen LogP contribution in [-0.4, -0.2) is 28.6 Å². The van der Waals surface area contributed by atoms with Gasteiger partial charge in [-0.2, -0.15) is 0 Å². The number of amides is 2. The minimum atomic E-state index is 0.00875. The zero-order chi connectivity index (χ0) is 12.4. The van der Waals surface area contributed by atoms with E-state index in [2.05, 4.69) is 25.2 Å². The van der Waals surface area contributed by atoms with E-state index < -0.39 is 0 Å². The van der Waals surface area contributed by atoms with E-state index in [-0.39, 0.29) is 11.4 Å². The van der Waals surface area contributed by atoms with Gasteiger partial charge in [0.25, 0.3) is 0 Å². The Kier molecular flexibility index (Phi) is 3.62. The summed E-state index contributed by atoms with van der Waals surface area (Å²) in [6.07, 6.45) is 0. The fourth-order valence-electron chi connectivity index (χ4n) is 2.00. The number of aryl methyl sites for hydroxylation is 2. The number of anilines is 1. The molecule has 0 aromatic heterocycles. The normalized spacial score (nSPS) is 19.5. The number of carbonyl (C=O) groups is 1. The third-order valence-electron chi connectivity index (χ3n) is 3.01. The second kappa shape index (κ2) is 5.00. The summed E-state index contributed by atoms with van der Waals surface area (Å²) in [5.74, 6) is 1.03. The highest BCUT2D eigenvalue weighted by Crippen LogP contribution is 2.24. The van der Waals surface area contributed by atoms with Crippen LogP contribution in [0.5, 0.6) is 0 Å². The zero-order valence-electron chi connectivity index (χ0n) is 10.5. The molecule has 4 heteroatoms. The highest BCUT2D eigenvalue weighted by Gasteiger charge is 2.25. The summed E-state index contributed by atoms with van der Waals surface area (Å²) in [5, 5.41) is 3.26. The highest BCUT2D eigenvalue weighted by molar-refractivity contribution is 8.00. The fraction of sp³-hybridized carbons (Fsp3) is 0.462. The third kappa shape index (κ3) is 2.75. The van der Waals surface area contributed by atoms with Crippen LogP contribution in [0, 0.1) is 13.8 Å². The van der Waals surface area contributed by atoms with Crippen molar-refractivity contribution in [1.29, 1.82) is 0 Å². The molecule has 1 heterocycles. The first-order chi connectivity index (χ1) is 8.08. The Morgan fingerprint density at radius 3 is 2.82 bits per heavy atom. The van der Waals surface area contributed by atoms with E-state index in [0.717, 1.165) is 23.5 Å². The molecule has 1 aromatic rings. The van der Waals surface area contributed by atoms with Gasteiger partial charge < -0.3 is 10.2 Å². The molecule has 0 bridgehead atoms. The lowest BCUT2D eigenvalue weighted by Crippen LogP contribution is -2.36. The van der Waals surface area contributed by atoms with Crippen LogP contribution in [0.2, 0.25) is 0 Å². The molecule has 0 aliphatic carbocycles. The Bertz CT molecular complexity index is 433. The van der Waals surface area contributed by atoms with E-state index in [1.165, 1.54) is 5.56 Å². The number of urea groups is 1. The maximum absolute atomic E-state index is 12.1. The minimum Gasteiger partial charge on any atom is -0.312 e. The molecule has 0 saturated carbocycles. The van der Waals surface area contributed by atoms with Crippen LogP contribution in [0.3, 0.4) is 0 Å². The van der Waals surface area contributed by atoms with Crippen LogP contribution in [0.25, 0.3) is 0 Å². The van der Waals surface area contributed by atoms with Crippen LogP contribution in [0.15, 0.2) is 18.2 Å². The van der Waals surface area contributed by atoms with Crippen LogP contribution in [0.1, 0.15) is 18.1 Å². The lowest BCUT2D eigenvalue weighted by atomic mass is 10.1. The summed E-state index contributed by atoms with van der Waals surface area (Å²) in [7, 11) is 0. The molecule has 1 aliphatic heterocycles. The molecule has 1 atom stereocenters. The van der Waals surface area contributed by atoms with Gasteiger partial charge in [0.15, 0.2) is 0 Å². The summed E-state index contributed by atoms with van der Waals surface area (Å²) in [5.41, 5.74) is 3.23. The molecule has 3 nitrogen and oxygen atoms in total. The molecule has 1 fully saturated rings. The number of carbonyl (C=O) groups excluding carboxylic acids is 1. The molecular formula is C13H18N2OS. The monoisotopic (exact) mass is 250 g/mol. The lowest BCUT2D eigenvalue weighted by Gasteiger charge is -2.21. The van der Waals surface area contributed by atoms with Gasteiger partial charge in [-0.1, -0.05) is 17.7 Å². The van der Waals surface area contributed by atoms with Gasteiger partial charge in [0.05, 0.1) is 5.37 Å². The summed E-state index contributed by atoms with van der Waals surface area (Å²) in [6, 6.07) is 6.08. The molecule has 1 aliphatic rings. The second-order valence-corrected chi connectivity index (χ2v) is 5.84. The Balaban J connectivity index is 2.07. The Morgan fingerprint density at radius 2 is 2.24 bits per heavy atom. The number of hydrogen-bond acceptors (Lipinski definition) is 2. The van der Waals surface area contributed by atoms with E-state index in [1.807, 2.05) is 35.7 Å². The molecule has 92 valence electrons. The minimum absolute atomic E-state index is 0.00875. The topological polar surface area (TPSA) is 32.3 Å². The van der Waals surface area contributed by atoms with Crippen LogP contribution in [-0.2, 0) is 0 Å². The average molecular weight is 250 g/mol. The molecule has 0 spiro atoms. The van der Waals surface area contributed by atoms with E-state index in [0.29, 0.717) is 0 Å². The molecule has 17 heavy (non-hydrogen) atoms. The van der Waals surface area contributed by atoms with Crippen LogP contribution in [0.4, 0.5) is 10.5 Å². The summed E-state index contributed by atoms with van der Waals surface area (Å²) in [6.45, 7) is 6.98. The second-order valence-electron chi connectivity index (χ2n) is 4.41. The largest absolute Gasteiger partial charge is 0.322 e. The van der Waals surface area contributed by atoms with Crippen molar-refractivity contribution in [2.75, 3.05) is 17.6 Å². The number of nitrogens with zero attached hydrogens (tertiary/aromatic N) is 1. The van der Waals surface area contributed by atoms with E-state index >= 15 is 0 Å². The highest BCUT2D eigenvalue weighted by atomic mass is 32.2. The number of benzene rings is 1. The average Bonchev–Trinajstić information content (AvgIpc) is 2.68. The van der Waals surface area contributed by atoms with Crippen molar-refractivity contribution in [1.82, 2.24) is 4.90 Å². The number of rotatable bonds is 1. The van der Waals surface area contributed by atoms with Crippen molar-refractivity contribution in [3.8, 4) is 0 Å². The van der Waals surface area contributed by atoms with E-state index in [1.54, 1.807) is 0 Å². The predicted octanol–water partition coefficient (Wildman–Crippen LogP) is 3.23. The van der Waals surface area contributed by atoms with Crippen LogP contribution >= 0.6 is 11.8 Å². The molecule has 2 rings (SSSR count). The van der Waals surface area contributed by atoms with Crippen molar-refractivity contribution in [3.63, 3.8) is 0 Å². The molecule has 1 aromatic carbocycles. The first-order valence-electron chi connectivity index (χ1n) is 5.84. The van der Waals surface area contributed by atoms with Crippen molar-refractivity contribution >= 4 is 23.5 Å². The Hall–Kier alpha value is -1.16. The van der Waals surface area contributed by atoms with Gasteiger partial charge in [-0.25, -0.2) is 4.79 Å². The van der Waals surface area contributed by atoms with Crippen molar-refractivity contribution in [2.45, 2.75) is 26.1 Å². The third-order valence-corrected chi connectivity index (χ3v) is 4.17. The number of nitrogens with one attached hydrogen (secondary N) is 1. The first-order valence-corrected chi connectivity index (χ1v) is 6.89. The quantitative estimate of drug-likeness (QED) is 0.830. The summed E-state index contributed by atoms with van der Waals surface area (Å²) >= 11 is 1.82. The van der Waals surface area contributed by atoms with Gasteiger partial charge in [-0.05, 0) is 32.4 Å². The number of thioether (sulfide) groups is 1. The molecule has 2 amide bonds. The van der Waals surface area contributed by atoms with E-state index in [4.69, 9.17) is 0 Å². The Labute approximate surface area is 107 Å². The van der Waals surface area contributed by atoms with Gasteiger partial charge in [-0.15, -0.1) is 11.8 Å². The van der Waals surface area contributed by atoms with Gasteiger partial charge in [0.1, 0.15) is 0 Å². The predicted molar refractivity (Wildman–Crippen MR) is 73.6 cm³/mol. The number of hydrogen-bond donors (Lipinski definition) is 1. The fourth-order valence-corrected chi connectivity index (χ4v) is 3.03. The summed E-state index contributed by atoms with van der Waals surface area (Å²) < 4.78 is 0. The SMILES string of the molecule is Cc1ccc(NC(=O)N2CCSC2C)c(C)c1. The maximum atomic E-state index is 12.1. The van der Waals surface area contributed by atoms with Crippen molar-refractivity contribution in [3.05, 3.63) is 29.3 Å². The van der Waals surface area contributed by atoms with Gasteiger partial charge in [-0.3, -0.25) is 0 Å². The molecule has 1 saturated heterocycles. The standard InChI is InChI=1S/C13H18N2OS/c1-9-4-5-12(10(2)8-9)14-13(16)15-6-7-17-11(15)3/h4-5,8,11H,6-7H2,1-3H3,(H,14,16). The van der Waals surface area contributed by atoms with Gasteiger partial charge in [0, 0.05) is 18.0 Å². The maximum Gasteiger partial charge on any atom is 0.322 e. The Morgan fingerprint density at radius 1 is 1.47 bits per heavy atom. The van der Waals surface area contributed by atoms with Gasteiger partial charge >= 0.3 is 6.03 Å². The smallest absolute Gasteiger partial charge is 0.312 e. The molecular weight excluding hydrogens is 232 g/mol. The van der Waals surface area contributed by atoms with Crippen molar-refractivity contribution in [2.24, 2.45) is 0 Å². The zero-order valence-corrected chi connectivity index (χ0v) is 11.3. The van der Waals surface area contributed by atoms with Crippen molar-refractivity contribution < 1.29 is 4.79 Å². The molecule has 0 radical (unpaired) electrons. The molecule has 1 unspecified atom stereocenters. The van der Waals surface area contributed by atoms with Crippen LogP contribution < -0.4 is 5.32 Å². The summed E-state index contributed by atoms with van der Waals surface area (Å²) in [4.78, 5) is 13.9. The first kappa shape index (κ1) is 12.3. The lowest BCUT2D eigenvalue weighted by molar-refractivity contribution is 0.216. The van der Waals surface area contributed by atoms with E-state index in [9.17, 15) is 4.79 Å².